The molecule has 9 nitrogen and oxygen atoms in total. The minimum Gasteiger partial charge on any atom is -0.493 e. The largest absolute Gasteiger partial charge is 0.493 e. The molecule has 3 aromatic rings. The zero-order valence-corrected chi connectivity index (χ0v) is 25.0. The van der Waals surface area contributed by atoms with Gasteiger partial charge in [-0.25, -0.2) is 13.3 Å². The molecule has 0 spiro atoms. The topological polar surface area (TPSA) is 102 Å². The van der Waals surface area contributed by atoms with Crippen molar-refractivity contribution in [1.82, 2.24) is 14.2 Å². The molecule has 2 aromatic carbocycles. The first-order chi connectivity index (χ1) is 19.6. The van der Waals surface area contributed by atoms with Crippen LogP contribution in [0, 0.1) is 19.4 Å². The number of aromatic nitrogens is 1. The Morgan fingerprint density at radius 1 is 1.22 bits per heavy atom. The van der Waals surface area contributed by atoms with Crippen LogP contribution in [0.2, 0.25) is 5.02 Å². The lowest BCUT2D eigenvalue weighted by molar-refractivity contribution is 0.110. The highest BCUT2D eigenvalue weighted by Gasteiger charge is 2.38. The van der Waals surface area contributed by atoms with Gasteiger partial charge in [-0.3, -0.25) is 4.98 Å². The summed E-state index contributed by atoms with van der Waals surface area (Å²) >= 11 is 6.34. The van der Waals surface area contributed by atoms with E-state index in [-0.39, 0.29) is 23.0 Å². The Hall–Kier alpha value is -3.20. The smallest absolute Gasteiger partial charge is 0.243 e. The molecule has 0 amide bonds. The summed E-state index contributed by atoms with van der Waals surface area (Å²) in [7, 11) is 0.285. The number of halogens is 1. The molecule has 1 aliphatic carbocycles. The molecule has 2 aliphatic rings. The van der Waals surface area contributed by atoms with Gasteiger partial charge in [-0.15, -0.1) is 0 Å². The maximum absolute atomic E-state index is 13.5. The Morgan fingerprint density at radius 3 is 2.73 bits per heavy atom. The van der Waals surface area contributed by atoms with Crippen molar-refractivity contribution in [1.29, 1.82) is 0 Å². The van der Waals surface area contributed by atoms with Gasteiger partial charge in [-0.1, -0.05) is 11.6 Å². The standard InChI is InChI=1S/C30H34ClN5O4S/c1-19-11-24(41(37,38)36-10-8-20(17-36)18-39-23-7-9-34-22(14-23)16-32)5-6-29(19)40-30-26-12-21(31)13-27(33-2)25(26)15-28(30)35(3)4/h5-7,9,11-14,20,28,30H,8,10,15-18,32H2,1,3-4H3/t20-,28-,30-/m0/s1. The molecule has 1 aromatic heterocycles. The molecule has 0 unspecified atom stereocenters. The first kappa shape index (κ1) is 29.3. The van der Waals surface area contributed by atoms with Gasteiger partial charge in [0.2, 0.25) is 10.0 Å². The molecule has 216 valence electrons. The van der Waals surface area contributed by atoms with Crippen molar-refractivity contribution in [2.75, 3.05) is 33.8 Å². The summed E-state index contributed by atoms with van der Waals surface area (Å²) in [6.07, 6.45) is 2.70. The highest BCUT2D eigenvalue weighted by Crippen LogP contribution is 2.44. The van der Waals surface area contributed by atoms with Crippen LogP contribution in [0.15, 0.2) is 53.6 Å². The van der Waals surface area contributed by atoms with Crippen molar-refractivity contribution in [3.05, 3.63) is 87.5 Å². The van der Waals surface area contributed by atoms with Crippen LogP contribution in [0.3, 0.4) is 0 Å². The average Bonchev–Trinajstić information content (AvgIpc) is 3.58. The molecular formula is C30H34ClN5O4S. The number of pyridine rings is 1. The molecule has 2 N–H and O–H groups in total. The van der Waals surface area contributed by atoms with E-state index in [0.29, 0.717) is 54.9 Å². The zero-order valence-electron chi connectivity index (χ0n) is 23.4. The molecule has 0 radical (unpaired) electrons. The summed E-state index contributed by atoms with van der Waals surface area (Å²) in [5.41, 5.74) is 9.50. The fourth-order valence-corrected chi connectivity index (χ4v) is 7.40. The minimum atomic E-state index is -3.68. The Labute approximate surface area is 246 Å². The lowest BCUT2D eigenvalue weighted by Crippen LogP contribution is -2.34. The fraction of sp³-hybridized carbons (Fsp3) is 0.400. The van der Waals surface area contributed by atoms with Gasteiger partial charge >= 0.3 is 0 Å². The summed E-state index contributed by atoms with van der Waals surface area (Å²) in [5, 5.41) is 0.497. The van der Waals surface area contributed by atoms with Gasteiger partial charge in [0.25, 0.3) is 0 Å². The van der Waals surface area contributed by atoms with Crippen LogP contribution in [0.5, 0.6) is 11.5 Å². The maximum Gasteiger partial charge on any atom is 0.243 e. The lowest BCUT2D eigenvalue weighted by atomic mass is 10.1. The van der Waals surface area contributed by atoms with E-state index >= 15 is 0 Å². The zero-order chi connectivity index (χ0) is 29.3. The molecular weight excluding hydrogens is 562 g/mol. The predicted molar refractivity (Wildman–Crippen MR) is 158 cm³/mol. The van der Waals surface area contributed by atoms with Crippen molar-refractivity contribution in [3.8, 4) is 11.5 Å². The molecule has 3 atom stereocenters. The Kier molecular flexibility index (Phi) is 8.55. The molecule has 1 saturated heterocycles. The second-order valence-corrected chi connectivity index (χ2v) is 13.2. The van der Waals surface area contributed by atoms with Crippen molar-refractivity contribution in [3.63, 3.8) is 0 Å². The third kappa shape index (κ3) is 6.05. The number of fused-ring (bicyclic) bond motifs is 1. The van der Waals surface area contributed by atoms with E-state index in [4.69, 9.17) is 33.4 Å². The summed E-state index contributed by atoms with van der Waals surface area (Å²) < 4.78 is 41.0. The van der Waals surface area contributed by atoms with Gasteiger partial charge in [0.1, 0.15) is 17.6 Å². The van der Waals surface area contributed by atoms with Crippen LogP contribution in [-0.2, 0) is 23.0 Å². The maximum atomic E-state index is 13.5. The second kappa shape index (κ2) is 12.0. The van der Waals surface area contributed by atoms with E-state index < -0.39 is 10.0 Å². The number of aryl methyl sites for hydroxylation is 1. The molecule has 11 heteroatoms. The number of likely N-dealkylation sites (N-methyl/N-ethyl adjacent to an activating group) is 1. The van der Waals surface area contributed by atoms with Gasteiger partial charge in [0, 0.05) is 42.8 Å². The Morgan fingerprint density at radius 2 is 2.02 bits per heavy atom. The molecule has 1 fully saturated rings. The third-order valence-electron chi connectivity index (χ3n) is 7.85. The van der Waals surface area contributed by atoms with E-state index in [1.165, 1.54) is 4.31 Å². The van der Waals surface area contributed by atoms with Crippen molar-refractivity contribution >= 4 is 27.3 Å². The molecule has 1 aliphatic heterocycles. The summed E-state index contributed by atoms with van der Waals surface area (Å²) in [6.45, 7) is 11.0. The summed E-state index contributed by atoms with van der Waals surface area (Å²) in [4.78, 5) is 10.2. The first-order valence-electron chi connectivity index (χ1n) is 13.5. The number of benzene rings is 2. The number of rotatable bonds is 9. The Bertz CT molecular complexity index is 1590. The number of nitrogens with two attached hydrogens (primary N) is 1. The van der Waals surface area contributed by atoms with Crippen molar-refractivity contribution in [2.45, 2.75) is 43.4 Å². The van der Waals surface area contributed by atoms with Crippen LogP contribution >= 0.6 is 11.6 Å². The average molecular weight is 596 g/mol. The molecule has 0 bridgehead atoms. The van der Waals surface area contributed by atoms with Crippen molar-refractivity contribution in [2.24, 2.45) is 11.7 Å². The fourth-order valence-electron chi connectivity index (χ4n) is 5.56. The van der Waals surface area contributed by atoms with E-state index in [9.17, 15) is 8.42 Å². The molecule has 41 heavy (non-hydrogen) atoms. The Balaban J connectivity index is 1.29. The van der Waals surface area contributed by atoms with Crippen LogP contribution in [0.4, 0.5) is 5.69 Å². The van der Waals surface area contributed by atoms with E-state index in [0.717, 1.165) is 28.8 Å². The number of hydrogen-bond donors (Lipinski definition) is 1. The normalized spacial score (nSPS) is 20.7. The van der Waals surface area contributed by atoms with E-state index in [1.807, 2.05) is 27.1 Å². The van der Waals surface area contributed by atoms with Gasteiger partial charge < -0.3 is 20.1 Å². The van der Waals surface area contributed by atoms with Crippen LogP contribution in [0.25, 0.3) is 4.85 Å². The monoisotopic (exact) mass is 595 g/mol. The number of sulfonamides is 1. The van der Waals surface area contributed by atoms with Gasteiger partial charge in [-0.05, 0) is 86.9 Å². The third-order valence-corrected chi connectivity index (χ3v) is 9.93. The molecule has 5 rings (SSSR count). The van der Waals surface area contributed by atoms with Gasteiger partial charge in [0.15, 0.2) is 5.69 Å². The summed E-state index contributed by atoms with van der Waals surface area (Å²) in [6, 6.07) is 12.1. The SMILES string of the molecule is [C-]#[N+]c1cc(Cl)cc2c1C[C@H](N(C)C)[C@H]2Oc1ccc(S(=O)(=O)N2CC[C@H](COc3ccnc(CN)c3)C2)cc1C. The molecule has 2 heterocycles. The predicted octanol–water partition coefficient (Wildman–Crippen LogP) is 4.75. The van der Waals surface area contributed by atoms with Crippen LogP contribution in [-0.4, -0.2) is 62.4 Å². The number of ether oxygens (including phenoxy) is 2. The number of hydrogen-bond acceptors (Lipinski definition) is 7. The quantitative estimate of drug-likeness (QED) is 0.356. The van der Waals surface area contributed by atoms with Gasteiger partial charge in [-0.2, -0.15) is 4.31 Å². The van der Waals surface area contributed by atoms with Crippen molar-refractivity contribution < 1.29 is 17.9 Å². The lowest BCUT2D eigenvalue weighted by Gasteiger charge is -2.28. The number of nitrogens with zero attached hydrogens (tertiary/aromatic N) is 4. The van der Waals surface area contributed by atoms with E-state index in [1.54, 1.807) is 42.6 Å². The van der Waals surface area contributed by atoms with E-state index in [2.05, 4.69) is 14.7 Å². The highest BCUT2D eigenvalue weighted by atomic mass is 35.5. The molecule has 0 saturated carbocycles. The highest BCUT2D eigenvalue weighted by molar-refractivity contribution is 7.89. The van der Waals surface area contributed by atoms with Gasteiger partial charge in [0.05, 0.1) is 29.8 Å². The van der Waals surface area contributed by atoms with Crippen LogP contribution < -0.4 is 15.2 Å². The first-order valence-corrected chi connectivity index (χ1v) is 15.3. The summed E-state index contributed by atoms with van der Waals surface area (Å²) in [5.74, 6) is 1.36. The van der Waals surface area contributed by atoms with Crippen LogP contribution in [0.1, 0.15) is 34.9 Å². The second-order valence-electron chi connectivity index (χ2n) is 10.8. The minimum absolute atomic E-state index is 0.00423.